The summed E-state index contributed by atoms with van der Waals surface area (Å²) in [6.45, 7) is 0. The number of rotatable bonds is 4. The van der Waals surface area contributed by atoms with Gasteiger partial charge in [-0.1, -0.05) is 194 Å². The maximum Gasteiger partial charge on any atom is 0.0713 e. The van der Waals surface area contributed by atoms with Crippen molar-refractivity contribution >= 4 is 33.3 Å². The Balaban J connectivity index is 1.10. The molecular formula is C52H34S. The molecule has 1 heterocycles. The molecule has 0 amide bonds. The van der Waals surface area contributed by atoms with E-state index in [1.807, 2.05) is 11.8 Å². The molecule has 0 saturated heterocycles. The van der Waals surface area contributed by atoms with Crippen LogP contribution in [0.3, 0.4) is 0 Å². The van der Waals surface area contributed by atoms with Gasteiger partial charge in [0.25, 0.3) is 0 Å². The van der Waals surface area contributed by atoms with Crippen LogP contribution in [0.4, 0.5) is 0 Å². The topological polar surface area (TPSA) is 0 Å². The molecule has 1 heteroatoms. The van der Waals surface area contributed by atoms with Crippen LogP contribution in [0.2, 0.25) is 0 Å². The lowest BCUT2D eigenvalue weighted by molar-refractivity contribution is 0.769. The lowest BCUT2D eigenvalue weighted by atomic mass is 9.67. The first-order chi connectivity index (χ1) is 26.3. The van der Waals surface area contributed by atoms with Gasteiger partial charge in [0.05, 0.1) is 5.41 Å². The van der Waals surface area contributed by atoms with E-state index in [4.69, 9.17) is 0 Å². The molecule has 0 radical (unpaired) electrons. The monoisotopic (exact) mass is 690 g/mol. The molecule has 248 valence electrons. The summed E-state index contributed by atoms with van der Waals surface area (Å²) in [5.41, 5.74) is 14.1. The smallest absolute Gasteiger partial charge is 0.0713 e. The molecular weight excluding hydrogens is 657 g/mol. The highest BCUT2D eigenvalue weighted by atomic mass is 32.2. The molecule has 1 aliphatic heterocycles. The average Bonchev–Trinajstić information content (AvgIpc) is 3.54. The Morgan fingerprint density at radius 3 is 1.51 bits per heavy atom. The second kappa shape index (κ2) is 12.0. The van der Waals surface area contributed by atoms with Crippen molar-refractivity contribution in [2.45, 2.75) is 21.1 Å². The molecule has 0 fully saturated rings. The van der Waals surface area contributed by atoms with E-state index in [1.165, 1.54) is 92.5 Å². The van der Waals surface area contributed by atoms with Gasteiger partial charge in [-0.25, -0.2) is 0 Å². The van der Waals surface area contributed by atoms with Crippen molar-refractivity contribution in [3.8, 4) is 22.3 Å². The van der Waals surface area contributed by atoms with Crippen molar-refractivity contribution < 1.29 is 0 Å². The molecule has 0 atom stereocenters. The van der Waals surface area contributed by atoms with Gasteiger partial charge in [0, 0.05) is 15.7 Å². The summed E-state index contributed by atoms with van der Waals surface area (Å²) in [6, 6.07) is 74.7. The zero-order valence-corrected chi connectivity index (χ0v) is 29.9. The van der Waals surface area contributed by atoms with E-state index < -0.39 is 5.41 Å². The van der Waals surface area contributed by atoms with Crippen molar-refractivity contribution in [1.29, 1.82) is 0 Å². The maximum absolute atomic E-state index is 2.47. The normalized spacial score (nSPS) is 14.0. The van der Waals surface area contributed by atoms with Gasteiger partial charge < -0.3 is 0 Å². The van der Waals surface area contributed by atoms with Gasteiger partial charge in [0.2, 0.25) is 0 Å². The Morgan fingerprint density at radius 2 is 0.887 bits per heavy atom. The first-order valence-corrected chi connectivity index (χ1v) is 19.3. The van der Waals surface area contributed by atoms with E-state index in [0.29, 0.717) is 0 Å². The van der Waals surface area contributed by atoms with Gasteiger partial charge in [0.15, 0.2) is 0 Å². The Morgan fingerprint density at radius 1 is 0.377 bits per heavy atom. The first kappa shape index (κ1) is 30.5. The Hall–Kier alpha value is -6.15. The summed E-state index contributed by atoms with van der Waals surface area (Å²) in [5.74, 6) is 0.117. The van der Waals surface area contributed by atoms with Gasteiger partial charge in [-0.2, -0.15) is 0 Å². The zero-order chi connectivity index (χ0) is 34.9. The van der Waals surface area contributed by atoms with Crippen LogP contribution in [0.25, 0.3) is 43.8 Å². The predicted molar refractivity (Wildman–Crippen MR) is 222 cm³/mol. The highest BCUT2D eigenvalue weighted by molar-refractivity contribution is 7.99. The van der Waals surface area contributed by atoms with Crippen LogP contribution >= 0.6 is 11.8 Å². The standard InChI is InChI=1S/C52H34S/c1-3-15-39(16-4-1)52(40-17-5-2-6-18-40)45-22-12-11-21-43(45)44-30-27-38(33-46(44)52)34-23-25-37(26-24-34)49-50-41-19-9-7-13-35(41)28-31-47(50)53-48-32-29-36-14-8-10-20-42(36)51(48)49/h1-33,49H. The highest BCUT2D eigenvalue weighted by Gasteiger charge is 2.46. The van der Waals surface area contributed by atoms with Crippen molar-refractivity contribution in [1.82, 2.24) is 0 Å². The number of benzene rings is 9. The fourth-order valence-electron chi connectivity index (χ4n) is 9.41. The molecule has 0 aromatic heterocycles. The average molecular weight is 691 g/mol. The molecule has 11 rings (SSSR count). The van der Waals surface area contributed by atoms with Gasteiger partial charge in [-0.3, -0.25) is 0 Å². The van der Waals surface area contributed by atoms with Crippen molar-refractivity contribution in [3.05, 3.63) is 239 Å². The SMILES string of the molecule is c1ccc(C2(c3ccccc3)c3ccccc3-c3ccc(-c4ccc(C5c6c(ccc7ccccc67)Sc6ccc7ccccc7c65)cc4)cc32)cc1. The molecule has 0 saturated carbocycles. The summed E-state index contributed by atoms with van der Waals surface area (Å²) >= 11 is 1.91. The second-order valence-electron chi connectivity index (χ2n) is 14.3. The van der Waals surface area contributed by atoms with Crippen LogP contribution in [0, 0.1) is 0 Å². The minimum Gasteiger partial charge on any atom is -0.0894 e. The fraction of sp³-hybridized carbons (Fsp3) is 0.0385. The third-order valence-electron chi connectivity index (χ3n) is 11.7. The molecule has 0 bridgehead atoms. The second-order valence-corrected chi connectivity index (χ2v) is 15.4. The van der Waals surface area contributed by atoms with Crippen LogP contribution in [-0.2, 0) is 5.41 Å². The van der Waals surface area contributed by atoms with Gasteiger partial charge in [0.1, 0.15) is 0 Å². The largest absolute Gasteiger partial charge is 0.0894 e. The molecule has 0 nitrogen and oxygen atoms in total. The molecule has 2 aliphatic rings. The summed E-state index contributed by atoms with van der Waals surface area (Å²) < 4.78 is 0. The van der Waals surface area contributed by atoms with Crippen LogP contribution in [0.1, 0.15) is 44.9 Å². The van der Waals surface area contributed by atoms with Gasteiger partial charge in [-0.05, 0) is 101 Å². The first-order valence-electron chi connectivity index (χ1n) is 18.5. The lowest BCUT2D eigenvalue weighted by Gasteiger charge is -2.34. The summed E-state index contributed by atoms with van der Waals surface area (Å²) in [6.07, 6.45) is 0. The minimum atomic E-state index is -0.417. The predicted octanol–water partition coefficient (Wildman–Crippen LogP) is 13.7. The third kappa shape index (κ3) is 4.51. The van der Waals surface area contributed by atoms with Crippen molar-refractivity contribution in [2.75, 3.05) is 0 Å². The van der Waals surface area contributed by atoms with Crippen molar-refractivity contribution in [2.24, 2.45) is 0 Å². The quantitative estimate of drug-likeness (QED) is 0.177. The van der Waals surface area contributed by atoms with Crippen LogP contribution in [0.15, 0.2) is 210 Å². The van der Waals surface area contributed by atoms with Gasteiger partial charge in [-0.15, -0.1) is 0 Å². The number of hydrogen-bond donors (Lipinski definition) is 0. The van der Waals surface area contributed by atoms with E-state index in [1.54, 1.807) is 0 Å². The van der Waals surface area contributed by atoms with Crippen LogP contribution in [0.5, 0.6) is 0 Å². The van der Waals surface area contributed by atoms with E-state index >= 15 is 0 Å². The van der Waals surface area contributed by atoms with E-state index in [9.17, 15) is 0 Å². The Kier molecular flexibility index (Phi) is 6.87. The molecule has 53 heavy (non-hydrogen) atoms. The molecule has 0 unspecified atom stereocenters. The van der Waals surface area contributed by atoms with E-state index in [2.05, 4.69) is 200 Å². The number of hydrogen-bond acceptors (Lipinski definition) is 1. The van der Waals surface area contributed by atoms with E-state index in [0.717, 1.165) is 0 Å². The fourth-order valence-corrected chi connectivity index (χ4v) is 10.6. The van der Waals surface area contributed by atoms with Crippen molar-refractivity contribution in [3.63, 3.8) is 0 Å². The molecule has 1 aliphatic carbocycles. The summed E-state index contributed by atoms with van der Waals surface area (Å²) in [4.78, 5) is 2.69. The molecule has 0 spiro atoms. The summed E-state index contributed by atoms with van der Waals surface area (Å²) in [7, 11) is 0. The minimum absolute atomic E-state index is 0.117. The Bertz CT molecular complexity index is 2730. The molecule has 9 aromatic rings. The zero-order valence-electron chi connectivity index (χ0n) is 29.0. The maximum atomic E-state index is 2.47. The van der Waals surface area contributed by atoms with Crippen LogP contribution < -0.4 is 0 Å². The van der Waals surface area contributed by atoms with Gasteiger partial charge >= 0.3 is 0 Å². The highest BCUT2D eigenvalue weighted by Crippen LogP contribution is 2.57. The number of fused-ring (bicyclic) bond motifs is 9. The van der Waals surface area contributed by atoms with E-state index in [-0.39, 0.29) is 5.92 Å². The summed E-state index contributed by atoms with van der Waals surface area (Å²) in [5, 5.41) is 5.25. The molecule has 9 aromatic carbocycles. The lowest BCUT2D eigenvalue weighted by Crippen LogP contribution is -2.28. The third-order valence-corrected chi connectivity index (χ3v) is 12.8. The molecule has 0 N–H and O–H groups in total. The van der Waals surface area contributed by atoms with Crippen LogP contribution in [-0.4, -0.2) is 0 Å². The Labute approximate surface area is 314 Å².